The van der Waals surface area contributed by atoms with Gasteiger partial charge in [0, 0.05) is 11.6 Å². The van der Waals surface area contributed by atoms with Crippen LogP contribution in [0.4, 0.5) is 5.82 Å². The summed E-state index contributed by atoms with van der Waals surface area (Å²) >= 11 is 0. The van der Waals surface area contributed by atoms with E-state index in [2.05, 4.69) is 15.3 Å². The number of nitrogens with zero attached hydrogens (tertiary/aromatic N) is 2. The average molecular weight is 301 g/mol. The van der Waals surface area contributed by atoms with Gasteiger partial charge in [0.15, 0.2) is 11.5 Å². The zero-order valence-corrected chi connectivity index (χ0v) is 13.0. The highest BCUT2D eigenvalue weighted by Gasteiger charge is 2.17. The van der Waals surface area contributed by atoms with Crippen LogP contribution in [0.3, 0.4) is 0 Å². The van der Waals surface area contributed by atoms with Gasteiger partial charge in [0.2, 0.25) is 0 Å². The lowest BCUT2D eigenvalue weighted by Crippen LogP contribution is -2.27. The molecule has 0 spiro atoms. The first-order valence-electron chi connectivity index (χ1n) is 6.84. The summed E-state index contributed by atoms with van der Waals surface area (Å²) in [6.45, 7) is 5.91. The van der Waals surface area contributed by atoms with Gasteiger partial charge in [0.25, 0.3) is 0 Å². The fourth-order valence-corrected chi connectivity index (χ4v) is 1.95. The van der Waals surface area contributed by atoms with E-state index in [4.69, 9.17) is 4.74 Å². The van der Waals surface area contributed by atoms with E-state index < -0.39 is 5.97 Å². The number of aromatic nitrogens is 2. The van der Waals surface area contributed by atoms with E-state index in [1.54, 1.807) is 19.2 Å². The summed E-state index contributed by atoms with van der Waals surface area (Å²) in [6.07, 6.45) is 0. The zero-order chi connectivity index (χ0) is 16.3. The summed E-state index contributed by atoms with van der Waals surface area (Å²) in [7, 11) is 1.55. The number of rotatable bonds is 4. The molecule has 0 aliphatic heterocycles. The largest absolute Gasteiger partial charge is 0.496 e. The van der Waals surface area contributed by atoms with Gasteiger partial charge >= 0.3 is 5.97 Å². The number of hydrogen-bond donors (Lipinski definition) is 2. The molecule has 2 rings (SSSR count). The number of benzene rings is 1. The normalized spacial score (nSPS) is 11.1. The molecule has 116 valence electrons. The molecule has 0 amide bonds. The second-order valence-electron chi connectivity index (χ2n) is 5.84. The van der Waals surface area contributed by atoms with Crippen LogP contribution in [-0.2, 0) is 0 Å². The van der Waals surface area contributed by atoms with Crippen LogP contribution in [0, 0.1) is 0 Å². The van der Waals surface area contributed by atoms with Crippen molar-refractivity contribution in [2.45, 2.75) is 26.3 Å². The van der Waals surface area contributed by atoms with E-state index in [9.17, 15) is 9.90 Å². The van der Waals surface area contributed by atoms with Crippen molar-refractivity contribution in [1.82, 2.24) is 9.97 Å². The van der Waals surface area contributed by atoms with Crippen LogP contribution in [0.1, 0.15) is 31.3 Å². The summed E-state index contributed by atoms with van der Waals surface area (Å²) in [5, 5.41) is 12.4. The van der Waals surface area contributed by atoms with E-state index >= 15 is 0 Å². The van der Waals surface area contributed by atoms with Gasteiger partial charge < -0.3 is 15.2 Å². The number of para-hydroxylation sites is 1. The minimum absolute atomic E-state index is 0.0670. The summed E-state index contributed by atoms with van der Waals surface area (Å²) in [5.41, 5.74) is 0.329. The van der Waals surface area contributed by atoms with Crippen molar-refractivity contribution >= 4 is 11.8 Å². The van der Waals surface area contributed by atoms with Crippen LogP contribution in [0.15, 0.2) is 30.3 Å². The summed E-state index contributed by atoms with van der Waals surface area (Å²) in [6, 6.07) is 8.65. The Bertz CT molecular complexity index is 693. The number of hydrogen-bond acceptors (Lipinski definition) is 5. The molecule has 0 aliphatic carbocycles. The van der Waals surface area contributed by atoms with Crippen LogP contribution in [0.5, 0.6) is 5.75 Å². The number of aromatic carboxylic acids is 1. The van der Waals surface area contributed by atoms with Crippen LogP contribution in [0.25, 0.3) is 11.4 Å². The molecule has 6 heteroatoms. The molecule has 0 aliphatic rings. The van der Waals surface area contributed by atoms with Gasteiger partial charge in [-0.2, -0.15) is 0 Å². The average Bonchev–Trinajstić information content (AvgIpc) is 2.45. The van der Waals surface area contributed by atoms with Gasteiger partial charge in [0.1, 0.15) is 11.6 Å². The smallest absolute Gasteiger partial charge is 0.354 e. The Morgan fingerprint density at radius 3 is 2.50 bits per heavy atom. The first kappa shape index (κ1) is 15.8. The fourth-order valence-electron chi connectivity index (χ4n) is 1.95. The third-order valence-corrected chi connectivity index (χ3v) is 2.80. The van der Waals surface area contributed by atoms with Crippen LogP contribution < -0.4 is 10.1 Å². The highest BCUT2D eigenvalue weighted by molar-refractivity contribution is 5.87. The monoisotopic (exact) mass is 301 g/mol. The third kappa shape index (κ3) is 3.72. The SMILES string of the molecule is COc1ccccc1-c1nc(NC(C)(C)C)cc(C(=O)O)n1. The number of methoxy groups -OCH3 is 1. The molecule has 0 bridgehead atoms. The Balaban J connectivity index is 2.57. The van der Waals surface area contributed by atoms with E-state index in [0.717, 1.165) is 0 Å². The number of ether oxygens (including phenoxy) is 1. The van der Waals surface area contributed by atoms with Crippen molar-refractivity contribution in [2.75, 3.05) is 12.4 Å². The number of carboxylic acids is 1. The Morgan fingerprint density at radius 2 is 1.91 bits per heavy atom. The Labute approximate surface area is 129 Å². The van der Waals surface area contributed by atoms with E-state index in [0.29, 0.717) is 23.0 Å². The minimum Gasteiger partial charge on any atom is -0.496 e. The first-order valence-corrected chi connectivity index (χ1v) is 6.84. The number of anilines is 1. The molecule has 0 unspecified atom stereocenters. The Morgan fingerprint density at radius 1 is 1.23 bits per heavy atom. The van der Waals surface area contributed by atoms with E-state index in [1.165, 1.54) is 6.07 Å². The lowest BCUT2D eigenvalue weighted by molar-refractivity contribution is 0.0690. The van der Waals surface area contributed by atoms with Crippen molar-refractivity contribution < 1.29 is 14.6 Å². The Hall–Kier alpha value is -2.63. The first-order chi connectivity index (χ1) is 10.3. The van der Waals surface area contributed by atoms with Gasteiger partial charge in [0.05, 0.1) is 12.7 Å². The van der Waals surface area contributed by atoms with Crippen molar-refractivity contribution in [3.8, 4) is 17.1 Å². The Kier molecular flexibility index (Phi) is 4.30. The van der Waals surface area contributed by atoms with Crippen molar-refractivity contribution in [2.24, 2.45) is 0 Å². The van der Waals surface area contributed by atoms with Crippen molar-refractivity contribution in [1.29, 1.82) is 0 Å². The molecule has 2 aromatic rings. The van der Waals surface area contributed by atoms with E-state index in [1.807, 2.05) is 32.9 Å². The topological polar surface area (TPSA) is 84.3 Å². The quantitative estimate of drug-likeness (QED) is 0.903. The van der Waals surface area contributed by atoms with Gasteiger partial charge in [-0.3, -0.25) is 0 Å². The lowest BCUT2D eigenvalue weighted by atomic mass is 10.1. The molecular formula is C16H19N3O3. The number of carbonyl (C=O) groups is 1. The second kappa shape index (κ2) is 6.01. The van der Waals surface area contributed by atoms with E-state index in [-0.39, 0.29) is 11.2 Å². The van der Waals surface area contributed by atoms with Crippen LogP contribution in [-0.4, -0.2) is 33.7 Å². The van der Waals surface area contributed by atoms with Gasteiger partial charge in [-0.15, -0.1) is 0 Å². The third-order valence-electron chi connectivity index (χ3n) is 2.80. The lowest BCUT2D eigenvalue weighted by Gasteiger charge is -2.21. The van der Waals surface area contributed by atoms with Crippen molar-refractivity contribution in [3.05, 3.63) is 36.0 Å². The molecule has 0 radical (unpaired) electrons. The molecule has 1 aromatic carbocycles. The molecule has 0 fully saturated rings. The predicted octanol–water partition coefficient (Wildman–Crippen LogP) is 3.06. The van der Waals surface area contributed by atoms with Crippen LogP contribution in [0.2, 0.25) is 0 Å². The fraction of sp³-hybridized carbons (Fsp3) is 0.312. The zero-order valence-electron chi connectivity index (χ0n) is 13.0. The molecule has 0 saturated carbocycles. The molecule has 22 heavy (non-hydrogen) atoms. The summed E-state index contributed by atoms with van der Waals surface area (Å²) in [5.74, 6) is 0.257. The minimum atomic E-state index is -1.10. The van der Waals surface area contributed by atoms with Gasteiger partial charge in [-0.25, -0.2) is 14.8 Å². The highest BCUT2D eigenvalue weighted by atomic mass is 16.5. The molecular weight excluding hydrogens is 282 g/mol. The maximum atomic E-state index is 11.3. The maximum Gasteiger partial charge on any atom is 0.354 e. The molecule has 2 N–H and O–H groups in total. The molecule has 1 heterocycles. The molecule has 6 nitrogen and oxygen atoms in total. The number of nitrogens with one attached hydrogen (secondary N) is 1. The molecule has 1 aromatic heterocycles. The van der Waals surface area contributed by atoms with Gasteiger partial charge in [-0.05, 0) is 32.9 Å². The molecule has 0 saturated heterocycles. The highest BCUT2D eigenvalue weighted by Crippen LogP contribution is 2.28. The summed E-state index contributed by atoms with van der Waals surface area (Å²) in [4.78, 5) is 19.8. The standard InChI is InChI=1S/C16H19N3O3/c1-16(2,3)19-13-9-11(15(20)21)17-14(18-13)10-7-5-6-8-12(10)22-4/h5-9H,1-4H3,(H,20,21)(H,17,18,19). The summed E-state index contributed by atoms with van der Waals surface area (Å²) < 4.78 is 5.29. The maximum absolute atomic E-state index is 11.3. The second-order valence-corrected chi connectivity index (χ2v) is 5.84. The number of carboxylic acid groups (broad SMARTS) is 1. The predicted molar refractivity (Wildman–Crippen MR) is 84.4 cm³/mol. The van der Waals surface area contributed by atoms with Crippen molar-refractivity contribution in [3.63, 3.8) is 0 Å². The van der Waals surface area contributed by atoms with Crippen LogP contribution >= 0.6 is 0 Å². The molecule has 0 atom stereocenters. The van der Waals surface area contributed by atoms with Gasteiger partial charge in [-0.1, -0.05) is 12.1 Å².